The van der Waals surface area contributed by atoms with Crippen LogP contribution in [0.4, 0.5) is 5.82 Å². The maximum atomic E-state index is 9.06. The maximum Gasteiger partial charge on any atom is 0.144 e. The normalized spacial score (nSPS) is 13.2. The van der Waals surface area contributed by atoms with Crippen LogP contribution in [0.25, 0.3) is 0 Å². The fraction of sp³-hybridized carbons (Fsp3) is 0.500. The quantitative estimate of drug-likeness (QED) is 0.739. The summed E-state index contributed by atoms with van der Waals surface area (Å²) in [5.74, 6) is 0.735. The summed E-state index contributed by atoms with van der Waals surface area (Å²) < 4.78 is 0. The number of rotatable bonds is 4. The third-order valence-electron chi connectivity index (χ3n) is 2.84. The molecule has 0 aliphatic heterocycles. The summed E-state index contributed by atoms with van der Waals surface area (Å²) in [6.07, 6.45) is 3.27. The molecular weight excluding hydrogens is 200 g/mol. The van der Waals surface area contributed by atoms with Crippen molar-refractivity contribution in [1.82, 2.24) is 10.3 Å². The average Bonchev–Trinajstić information content (AvgIpc) is 2.75. The molecule has 1 aromatic rings. The van der Waals surface area contributed by atoms with E-state index in [0.717, 1.165) is 43.9 Å². The van der Waals surface area contributed by atoms with Gasteiger partial charge in [0.1, 0.15) is 11.9 Å². The van der Waals surface area contributed by atoms with Crippen molar-refractivity contribution in [2.45, 2.75) is 19.3 Å². The molecule has 1 heterocycles. The summed E-state index contributed by atoms with van der Waals surface area (Å²) in [6, 6.07) is 4.19. The summed E-state index contributed by atoms with van der Waals surface area (Å²) in [6.45, 7) is 1.65. The van der Waals surface area contributed by atoms with Gasteiger partial charge in [0.2, 0.25) is 0 Å². The van der Waals surface area contributed by atoms with Crippen LogP contribution in [0.3, 0.4) is 0 Å². The summed E-state index contributed by atoms with van der Waals surface area (Å²) in [5.41, 5.74) is 3.07. The predicted molar refractivity (Wildman–Crippen MR) is 63.4 cm³/mol. The zero-order chi connectivity index (χ0) is 11.4. The first kappa shape index (κ1) is 10.9. The van der Waals surface area contributed by atoms with E-state index in [4.69, 9.17) is 5.26 Å². The molecule has 1 aliphatic rings. The second kappa shape index (κ2) is 4.95. The number of nitrogens with one attached hydrogen (secondary N) is 2. The molecule has 0 spiro atoms. The minimum absolute atomic E-state index is 0.664. The van der Waals surface area contributed by atoms with E-state index >= 15 is 0 Å². The molecule has 4 heteroatoms. The molecule has 2 N–H and O–H groups in total. The Labute approximate surface area is 95.7 Å². The van der Waals surface area contributed by atoms with Crippen LogP contribution in [0.5, 0.6) is 0 Å². The minimum atomic E-state index is 0.664. The number of likely N-dealkylation sites (N-methyl/N-ethyl adjacent to an activating group) is 1. The van der Waals surface area contributed by atoms with Gasteiger partial charge in [0.05, 0.1) is 5.56 Å². The van der Waals surface area contributed by atoms with Crippen molar-refractivity contribution >= 4 is 5.82 Å². The Bertz CT molecular complexity index is 420. The molecule has 84 valence electrons. The minimum Gasteiger partial charge on any atom is -0.368 e. The van der Waals surface area contributed by atoms with Gasteiger partial charge in [-0.1, -0.05) is 0 Å². The van der Waals surface area contributed by atoms with E-state index in [1.54, 1.807) is 0 Å². The Hall–Kier alpha value is -1.60. The van der Waals surface area contributed by atoms with Crippen LogP contribution in [-0.4, -0.2) is 25.1 Å². The Morgan fingerprint density at radius 2 is 2.31 bits per heavy atom. The zero-order valence-electron chi connectivity index (χ0n) is 9.51. The highest BCUT2D eigenvalue weighted by atomic mass is 15.0. The van der Waals surface area contributed by atoms with E-state index < -0.39 is 0 Å². The topological polar surface area (TPSA) is 60.7 Å². The van der Waals surface area contributed by atoms with Gasteiger partial charge in [-0.15, -0.1) is 0 Å². The van der Waals surface area contributed by atoms with Gasteiger partial charge < -0.3 is 10.6 Å². The van der Waals surface area contributed by atoms with Crippen molar-refractivity contribution in [3.8, 4) is 6.07 Å². The molecular formula is C12H16N4. The van der Waals surface area contributed by atoms with Crippen molar-refractivity contribution in [2.75, 3.05) is 25.5 Å². The van der Waals surface area contributed by atoms with Gasteiger partial charge in [-0.25, -0.2) is 4.98 Å². The number of fused-ring (bicyclic) bond motifs is 1. The second-order valence-corrected chi connectivity index (χ2v) is 3.99. The molecule has 0 radical (unpaired) electrons. The number of hydrogen-bond acceptors (Lipinski definition) is 4. The highest BCUT2D eigenvalue weighted by Gasteiger charge is 2.15. The van der Waals surface area contributed by atoms with Crippen molar-refractivity contribution in [3.05, 3.63) is 22.9 Å². The standard InChI is InChI=1S/C12H16N4/c1-14-5-6-15-12-10(8-13)7-9-3-2-4-11(9)16-12/h7,14H,2-6H2,1H3,(H,15,16). The summed E-state index contributed by atoms with van der Waals surface area (Å²) >= 11 is 0. The number of aryl methyl sites for hydroxylation is 2. The SMILES string of the molecule is CNCCNc1nc2c(cc1C#N)CCC2. The lowest BCUT2D eigenvalue weighted by molar-refractivity contribution is 0.820. The van der Waals surface area contributed by atoms with Crippen molar-refractivity contribution in [1.29, 1.82) is 5.26 Å². The monoisotopic (exact) mass is 216 g/mol. The third-order valence-corrected chi connectivity index (χ3v) is 2.84. The Morgan fingerprint density at radius 3 is 3.06 bits per heavy atom. The van der Waals surface area contributed by atoms with Gasteiger partial charge >= 0.3 is 0 Å². The molecule has 4 nitrogen and oxygen atoms in total. The number of anilines is 1. The molecule has 16 heavy (non-hydrogen) atoms. The van der Waals surface area contributed by atoms with E-state index in [0.29, 0.717) is 5.56 Å². The first-order valence-corrected chi connectivity index (χ1v) is 5.66. The zero-order valence-corrected chi connectivity index (χ0v) is 9.51. The van der Waals surface area contributed by atoms with E-state index in [2.05, 4.69) is 21.7 Å². The lowest BCUT2D eigenvalue weighted by Crippen LogP contribution is -2.19. The van der Waals surface area contributed by atoms with Crippen LogP contribution in [0, 0.1) is 11.3 Å². The molecule has 0 aromatic carbocycles. The summed E-state index contributed by atoms with van der Waals surface area (Å²) in [7, 11) is 1.91. The molecule has 0 amide bonds. The molecule has 1 aliphatic carbocycles. The Balaban J connectivity index is 2.20. The molecule has 0 saturated carbocycles. The van der Waals surface area contributed by atoms with Crippen molar-refractivity contribution in [3.63, 3.8) is 0 Å². The van der Waals surface area contributed by atoms with E-state index in [1.807, 2.05) is 13.1 Å². The van der Waals surface area contributed by atoms with Crippen molar-refractivity contribution < 1.29 is 0 Å². The lowest BCUT2D eigenvalue weighted by atomic mass is 10.1. The molecule has 0 unspecified atom stereocenters. The number of nitriles is 1. The largest absolute Gasteiger partial charge is 0.368 e. The van der Waals surface area contributed by atoms with Crippen LogP contribution in [-0.2, 0) is 12.8 Å². The predicted octanol–water partition coefficient (Wildman–Crippen LogP) is 1.07. The first-order chi connectivity index (χ1) is 7.85. The van der Waals surface area contributed by atoms with Crippen LogP contribution in [0.2, 0.25) is 0 Å². The van der Waals surface area contributed by atoms with Crippen molar-refractivity contribution in [2.24, 2.45) is 0 Å². The van der Waals surface area contributed by atoms with Gasteiger partial charge in [-0.3, -0.25) is 0 Å². The number of aromatic nitrogens is 1. The van der Waals surface area contributed by atoms with E-state index in [-0.39, 0.29) is 0 Å². The van der Waals surface area contributed by atoms with Crippen LogP contribution in [0.1, 0.15) is 23.2 Å². The summed E-state index contributed by atoms with van der Waals surface area (Å²) in [5, 5.41) is 15.3. The number of nitrogens with zero attached hydrogens (tertiary/aromatic N) is 2. The maximum absolute atomic E-state index is 9.06. The number of pyridine rings is 1. The second-order valence-electron chi connectivity index (χ2n) is 3.99. The van der Waals surface area contributed by atoms with Gasteiger partial charge in [-0.05, 0) is 37.9 Å². The van der Waals surface area contributed by atoms with E-state index in [9.17, 15) is 0 Å². The molecule has 0 fully saturated rings. The van der Waals surface area contributed by atoms with Gasteiger partial charge in [0.25, 0.3) is 0 Å². The van der Waals surface area contributed by atoms with E-state index in [1.165, 1.54) is 5.56 Å². The fourth-order valence-electron chi connectivity index (χ4n) is 2.00. The Morgan fingerprint density at radius 1 is 1.44 bits per heavy atom. The lowest BCUT2D eigenvalue weighted by Gasteiger charge is -2.09. The van der Waals surface area contributed by atoms with Crippen LogP contribution < -0.4 is 10.6 Å². The molecule has 0 atom stereocenters. The van der Waals surface area contributed by atoms with Gasteiger partial charge in [0, 0.05) is 18.8 Å². The van der Waals surface area contributed by atoms with Gasteiger partial charge in [-0.2, -0.15) is 5.26 Å². The highest BCUT2D eigenvalue weighted by molar-refractivity contribution is 5.55. The third kappa shape index (κ3) is 2.15. The first-order valence-electron chi connectivity index (χ1n) is 5.66. The molecule has 0 saturated heterocycles. The van der Waals surface area contributed by atoms with Gasteiger partial charge in [0.15, 0.2) is 0 Å². The fourth-order valence-corrected chi connectivity index (χ4v) is 2.00. The summed E-state index contributed by atoms with van der Waals surface area (Å²) in [4.78, 5) is 4.53. The number of hydrogen-bond donors (Lipinski definition) is 2. The molecule has 1 aromatic heterocycles. The highest BCUT2D eigenvalue weighted by Crippen LogP contribution is 2.24. The van der Waals surface area contributed by atoms with Crippen LogP contribution in [0.15, 0.2) is 6.07 Å². The Kier molecular flexibility index (Phi) is 3.37. The molecule has 0 bridgehead atoms. The van der Waals surface area contributed by atoms with Crippen LogP contribution >= 0.6 is 0 Å². The molecule has 2 rings (SSSR count). The smallest absolute Gasteiger partial charge is 0.144 e. The average molecular weight is 216 g/mol.